The Labute approximate surface area is 124 Å². The van der Waals surface area contributed by atoms with E-state index >= 15 is 0 Å². The van der Waals surface area contributed by atoms with Crippen molar-refractivity contribution in [1.82, 2.24) is 20.2 Å². The van der Waals surface area contributed by atoms with Crippen LogP contribution in [0.15, 0.2) is 18.2 Å². The number of nitrogens with zero attached hydrogens (tertiary/aromatic N) is 4. The molecule has 0 spiro atoms. The number of rotatable bonds is 4. The van der Waals surface area contributed by atoms with Gasteiger partial charge in [-0.15, -0.1) is 5.10 Å². The number of aromatic nitrogens is 4. The van der Waals surface area contributed by atoms with Gasteiger partial charge in [-0.05, 0) is 60.7 Å². The molecule has 0 bridgehead atoms. The van der Waals surface area contributed by atoms with Gasteiger partial charge < -0.3 is 10.5 Å². The molecule has 1 aliphatic carbocycles. The van der Waals surface area contributed by atoms with Crippen LogP contribution in [-0.4, -0.2) is 26.8 Å². The number of tetrazole rings is 1. The minimum absolute atomic E-state index is 0.387. The van der Waals surface area contributed by atoms with Gasteiger partial charge in [0.15, 0.2) is 5.82 Å². The van der Waals surface area contributed by atoms with Gasteiger partial charge >= 0.3 is 0 Å². The number of ether oxygens (including phenoxy) is 1. The Morgan fingerprint density at radius 1 is 1.38 bits per heavy atom. The minimum Gasteiger partial charge on any atom is -0.492 e. The molecule has 2 atom stereocenters. The van der Waals surface area contributed by atoms with Crippen molar-refractivity contribution >= 4 is 5.69 Å². The molecule has 1 heterocycles. The highest BCUT2D eigenvalue weighted by molar-refractivity contribution is 5.66. The summed E-state index contributed by atoms with van der Waals surface area (Å²) >= 11 is 0. The van der Waals surface area contributed by atoms with Crippen LogP contribution in [0.1, 0.15) is 39.2 Å². The summed E-state index contributed by atoms with van der Waals surface area (Å²) in [4.78, 5) is 0. The highest BCUT2D eigenvalue weighted by atomic mass is 16.5. The second-order valence-electron chi connectivity index (χ2n) is 5.70. The number of nitrogens with two attached hydrogens (primary N) is 1. The van der Waals surface area contributed by atoms with Crippen molar-refractivity contribution in [3.8, 4) is 17.1 Å². The van der Waals surface area contributed by atoms with E-state index < -0.39 is 0 Å². The average Bonchev–Trinajstić information content (AvgIpc) is 3.09. The lowest BCUT2D eigenvalue weighted by atomic mass is 10.1. The largest absolute Gasteiger partial charge is 0.492 e. The molecule has 1 fully saturated rings. The van der Waals surface area contributed by atoms with Gasteiger partial charge in [-0.3, -0.25) is 0 Å². The second-order valence-corrected chi connectivity index (χ2v) is 5.70. The Morgan fingerprint density at radius 3 is 2.90 bits per heavy atom. The van der Waals surface area contributed by atoms with Crippen LogP contribution >= 0.6 is 0 Å². The SMILES string of the molecule is CCOc1ccc(-c2nnnn2C2CCC(C)C2)cc1N. The van der Waals surface area contributed by atoms with E-state index in [-0.39, 0.29) is 0 Å². The van der Waals surface area contributed by atoms with Crippen molar-refractivity contribution in [2.45, 2.75) is 39.2 Å². The van der Waals surface area contributed by atoms with Crippen molar-refractivity contribution < 1.29 is 4.74 Å². The van der Waals surface area contributed by atoms with E-state index in [2.05, 4.69) is 22.4 Å². The van der Waals surface area contributed by atoms with Gasteiger partial charge in [0.25, 0.3) is 0 Å². The molecule has 2 unspecified atom stereocenters. The highest BCUT2D eigenvalue weighted by Crippen LogP contribution is 2.36. The van der Waals surface area contributed by atoms with Crippen LogP contribution in [-0.2, 0) is 0 Å². The van der Waals surface area contributed by atoms with Gasteiger partial charge in [0, 0.05) is 5.56 Å². The Balaban J connectivity index is 1.91. The molecule has 1 aliphatic rings. The summed E-state index contributed by atoms with van der Waals surface area (Å²) in [6, 6.07) is 6.11. The van der Waals surface area contributed by atoms with Crippen LogP contribution < -0.4 is 10.5 Å². The number of hydrogen-bond acceptors (Lipinski definition) is 5. The van der Waals surface area contributed by atoms with E-state index in [0.717, 1.165) is 30.1 Å². The smallest absolute Gasteiger partial charge is 0.182 e. The van der Waals surface area contributed by atoms with Gasteiger partial charge in [0.1, 0.15) is 5.75 Å². The Hall–Kier alpha value is -2.11. The van der Waals surface area contributed by atoms with Crippen LogP contribution in [0.3, 0.4) is 0 Å². The van der Waals surface area contributed by atoms with Crippen molar-refractivity contribution in [3.05, 3.63) is 18.2 Å². The molecule has 0 aliphatic heterocycles. The molecule has 6 nitrogen and oxygen atoms in total. The Bertz CT molecular complexity index is 624. The normalized spacial score (nSPS) is 21.6. The summed E-state index contributed by atoms with van der Waals surface area (Å²) in [5.74, 6) is 2.22. The summed E-state index contributed by atoms with van der Waals surface area (Å²) in [5.41, 5.74) is 7.58. The van der Waals surface area contributed by atoms with E-state index in [1.54, 1.807) is 0 Å². The molecule has 0 amide bonds. The van der Waals surface area contributed by atoms with Crippen LogP contribution in [0.2, 0.25) is 0 Å². The first kappa shape index (κ1) is 13.9. The molecular weight excluding hydrogens is 266 g/mol. The standard InChI is InChI=1S/C15H21N5O/c1-3-21-14-7-5-11(9-13(14)16)15-17-18-19-20(15)12-6-4-10(2)8-12/h5,7,9-10,12H,3-4,6,8,16H2,1-2H3. The Morgan fingerprint density at radius 2 is 2.24 bits per heavy atom. The fourth-order valence-corrected chi connectivity index (χ4v) is 3.00. The van der Waals surface area contributed by atoms with Crippen molar-refractivity contribution in [2.75, 3.05) is 12.3 Å². The first-order valence-corrected chi connectivity index (χ1v) is 7.49. The lowest BCUT2D eigenvalue weighted by Gasteiger charge is -2.13. The van der Waals surface area contributed by atoms with Gasteiger partial charge in [0.2, 0.25) is 0 Å². The van der Waals surface area contributed by atoms with Gasteiger partial charge in [0.05, 0.1) is 18.3 Å². The molecular formula is C15H21N5O. The maximum Gasteiger partial charge on any atom is 0.182 e. The maximum absolute atomic E-state index is 6.04. The zero-order chi connectivity index (χ0) is 14.8. The third-order valence-corrected chi connectivity index (χ3v) is 4.07. The number of anilines is 1. The Kier molecular flexibility index (Phi) is 3.77. The molecule has 3 rings (SSSR count). The molecule has 2 N–H and O–H groups in total. The maximum atomic E-state index is 6.04. The molecule has 0 saturated heterocycles. The molecule has 112 valence electrons. The molecule has 1 aromatic heterocycles. The lowest BCUT2D eigenvalue weighted by Crippen LogP contribution is -2.09. The minimum atomic E-state index is 0.387. The number of hydrogen-bond donors (Lipinski definition) is 1. The summed E-state index contributed by atoms with van der Waals surface area (Å²) < 4.78 is 7.41. The van der Waals surface area contributed by atoms with E-state index in [1.807, 2.05) is 29.8 Å². The average molecular weight is 287 g/mol. The van der Waals surface area contributed by atoms with Crippen molar-refractivity contribution in [2.24, 2.45) is 5.92 Å². The summed E-state index contributed by atoms with van der Waals surface area (Å²) in [6.07, 6.45) is 3.49. The number of benzene rings is 1. The van der Waals surface area contributed by atoms with Crippen LogP contribution in [0.25, 0.3) is 11.4 Å². The fraction of sp³-hybridized carbons (Fsp3) is 0.533. The van der Waals surface area contributed by atoms with Gasteiger partial charge in [-0.2, -0.15) is 0 Å². The molecule has 0 radical (unpaired) electrons. The molecule has 21 heavy (non-hydrogen) atoms. The third-order valence-electron chi connectivity index (χ3n) is 4.07. The molecule has 2 aromatic rings. The topological polar surface area (TPSA) is 78.9 Å². The van der Waals surface area contributed by atoms with Gasteiger partial charge in [-0.1, -0.05) is 6.92 Å². The van der Waals surface area contributed by atoms with Crippen molar-refractivity contribution in [1.29, 1.82) is 0 Å². The quantitative estimate of drug-likeness (QED) is 0.875. The third kappa shape index (κ3) is 2.70. The second kappa shape index (κ2) is 5.71. The van der Waals surface area contributed by atoms with Crippen molar-refractivity contribution in [3.63, 3.8) is 0 Å². The predicted octanol–water partition coefficient (Wildman–Crippen LogP) is 2.68. The van der Waals surface area contributed by atoms with Gasteiger partial charge in [-0.25, -0.2) is 4.68 Å². The first-order valence-electron chi connectivity index (χ1n) is 7.49. The monoisotopic (exact) mass is 287 g/mol. The predicted molar refractivity (Wildman–Crippen MR) is 80.9 cm³/mol. The van der Waals surface area contributed by atoms with E-state index in [1.165, 1.54) is 6.42 Å². The highest BCUT2D eigenvalue weighted by Gasteiger charge is 2.26. The lowest BCUT2D eigenvalue weighted by molar-refractivity contribution is 0.342. The van der Waals surface area contributed by atoms with E-state index in [0.29, 0.717) is 24.1 Å². The van der Waals surface area contributed by atoms with Crippen LogP contribution in [0.5, 0.6) is 5.75 Å². The zero-order valence-corrected chi connectivity index (χ0v) is 12.5. The van der Waals surface area contributed by atoms with Crippen LogP contribution in [0, 0.1) is 5.92 Å². The summed E-state index contributed by atoms with van der Waals surface area (Å²) in [5, 5.41) is 12.2. The zero-order valence-electron chi connectivity index (χ0n) is 12.5. The summed E-state index contributed by atoms with van der Waals surface area (Å²) in [7, 11) is 0. The van der Waals surface area contributed by atoms with Crippen LogP contribution in [0.4, 0.5) is 5.69 Å². The molecule has 6 heteroatoms. The summed E-state index contributed by atoms with van der Waals surface area (Å²) in [6.45, 7) is 4.81. The molecule has 1 saturated carbocycles. The van der Waals surface area contributed by atoms with E-state index in [9.17, 15) is 0 Å². The first-order chi connectivity index (χ1) is 10.2. The number of nitrogen functional groups attached to an aromatic ring is 1. The van der Waals surface area contributed by atoms with E-state index in [4.69, 9.17) is 10.5 Å². The fourth-order valence-electron chi connectivity index (χ4n) is 3.00. The molecule has 1 aromatic carbocycles.